The molecule has 0 saturated heterocycles. The van der Waals surface area contributed by atoms with Crippen molar-refractivity contribution < 1.29 is 0 Å². The second kappa shape index (κ2) is 6.03. The molecule has 0 aliphatic heterocycles. The highest BCUT2D eigenvalue weighted by Crippen LogP contribution is 2.11. The van der Waals surface area contributed by atoms with Crippen molar-refractivity contribution in [2.45, 2.75) is 6.92 Å². The SMILES string of the molecule is C=CCNC(=S)NNc1ccccc1C. The van der Waals surface area contributed by atoms with Gasteiger partial charge in [0.05, 0.1) is 5.69 Å². The van der Waals surface area contributed by atoms with Crippen LogP contribution in [0.5, 0.6) is 0 Å². The van der Waals surface area contributed by atoms with Crippen LogP contribution in [-0.2, 0) is 0 Å². The molecule has 4 heteroatoms. The maximum Gasteiger partial charge on any atom is 0.185 e. The Morgan fingerprint density at radius 1 is 1.47 bits per heavy atom. The highest BCUT2D eigenvalue weighted by atomic mass is 32.1. The molecule has 15 heavy (non-hydrogen) atoms. The van der Waals surface area contributed by atoms with Crippen molar-refractivity contribution >= 4 is 23.0 Å². The fourth-order valence-electron chi connectivity index (χ4n) is 1.05. The molecule has 1 rings (SSSR count). The van der Waals surface area contributed by atoms with Gasteiger partial charge in [0.15, 0.2) is 5.11 Å². The van der Waals surface area contributed by atoms with E-state index in [0.717, 1.165) is 11.3 Å². The second-order valence-corrected chi connectivity index (χ2v) is 3.47. The van der Waals surface area contributed by atoms with Crippen molar-refractivity contribution in [3.05, 3.63) is 42.5 Å². The van der Waals surface area contributed by atoms with E-state index in [9.17, 15) is 0 Å². The van der Waals surface area contributed by atoms with Crippen LogP contribution in [-0.4, -0.2) is 11.7 Å². The number of rotatable bonds is 4. The molecule has 0 bridgehead atoms. The Bertz CT molecular complexity index is 349. The zero-order valence-corrected chi connectivity index (χ0v) is 9.53. The van der Waals surface area contributed by atoms with Crippen LogP contribution in [0.1, 0.15) is 5.56 Å². The van der Waals surface area contributed by atoms with Crippen LogP contribution in [0.15, 0.2) is 36.9 Å². The largest absolute Gasteiger partial charge is 0.358 e. The monoisotopic (exact) mass is 221 g/mol. The molecule has 0 aliphatic rings. The van der Waals surface area contributed by atoms with Crippen molar-refractivity contribution in [2.75, 3.05) is 12.0 Å². The minimum absolute atomic E-state index is 0.554. The van der Waals surface area contributed by atoms with Gasteiger partial charge >= 0.3 is 0 Å². The molecule has 1 aromatic rings. The first-order valence-electron chi connectivity index (χ1n) is 4.70. The van der Waals surface area contributed by atoms with Gasteiger partial charge in [0.2, 0.25) is 0 Å². The minimum Gasteiger partial charge on any atom is -0.358 e. The lowest BCUT2D eigenvalue weighted by Crippen LogP contribution is -2.38. The van der Waals surface area contributed by atoms with Crippen molar-refractivity contribution in [2.24, 2.45) is 0 Å². The summed E-state index contributed by atoms with van der Waals surface area (Å²) < 4.78 is 0. The summed E-state index contributed by atoms with van der Waals surface area (Å²) in [6, 6.07) is 7.98. The molecular formula is C11H15N3S. The highest BCUT2D eigenvalue weighted by Gasteiger charge is 1.96. The fraction of sp³-hybridized carbons (Fsp3) is 0.182. The molecule has 0 aromatic heterocycles. The Balaban J connectivity index is 2.40. The molecule has 80 valence electrons. The molecule has 0 atom stereocenters. The van der Waals surface area contributed by atoms with Gasteiger partial charge in [0, 0.05) is 6.54 Å². The Hall–Kier alpha value is -1.55. The second-order valence-electron chi connectivity index (χ2n) is 3.06. The minimum atomic E-state index is 0.554. The average Bonchev–Trinajstić information content (AvgIpc) is 2.25. The number of aryl methyl sites for hydroxylation is 1. The van der Waals surface area contributed by atoms with Crippen LogP contribution in [0.4, 0.5) is 5.69 Å². The van der Waals surface area contributed by atoms with Gasteiger partial charge in [0.25, 0.3) is 0 Å². The number of nitrogens with one attached hydrogen (secondary N) is 3. The number of thiocarbonyl (C=S) groups is 1. The normalized spacial score (nSPS) is 9.13. The summed E-state index contributed by atoms with van der Waals surface area (Å²) in [6.45, 7) is 6.28. The first-order valence-corrected chi connectivity index (χ1v) is 5.11. The number of benzene rings is 1. The van der Waals surface area contributed by atoms with Crippen LogP contribution >= 0.6 is 12.2 Å². The maximum atomic E-state index is 5.03. The van der Waals surface area contributed by atoms with E-state index < -0.39 is 0 Å². The topological polar surface area (TPSA) is 36.1 Å². The summed E-state index contributed by atoms with van der Waals surface area (Å²) in [5.41, 5.74) is 8.11. The number of hydrazine groups is 1. The van der Waals surface area contributed by atoms with Crippen molar-refractivity contribution in [1.29, 1.82) is 0 Å². The van der Waals surface area contributed by atoms with E-state index in [1.807, 2.05) is 31.2 Å². The lowest BCUT2D eigenvalue weighted by molar-refractivity contribution is 0.977. The van der Waals surface area contributed by atoms with Gasteiger partial charge in [0.1, 0.15) is 0 Å². The van der Waals surface area contributed by atoms with E-state index in [1.165, 1.54) is 0 Å². The Labute approximate surface area is 95.5 Å². The van der Waals surface area contributed by atoms with E-state index in [2.05, 4.69) is 22.7 Å². The van der Waals surface area contributed by atoms with E-state index in [1.54, 1.807) is 6.08 Å². The molecule has 3 N–H and O–H groups in total. The molecular weight excluding hydrogens is 206 g/mol. The van der Waals surface area contributed by atoms with Crippen LogP contribution in [0.2, 0.25) is 0 Å². The smallest absolute Gasteiger partial charge is 0.185 e. The molecule has 0 saturated carbocycles. The van der Waals surface area contributed by atoms with Gasteiger partial charge in [-0.05, 0) is 30.8 Å². The van der Waals surface area contributed by atoms with Crippen molar-refractivity contribution in [1.82, 2.24) is 10.7 Å². The third-order valence-electron chi connectivity index (χ3n) is 1.86. The first-order chi connectivity index (χ1) is 7.24. The molecule has 0 heterocycles. The van der Waals surface area contributed by atoms with E-state index in [4.69, 9.17) is 12.2 Å². The van der Waals surface area contributed by atoms with Crippen LogP contribution in [0.25, 0.3) is 0 Å². The average molecular weight is 221 g/mol. The summed E-state index contributed by atoms with van der Waals surface area (Å²) >= 11 is 5.03. The molecule has 0 spiro atoms. The number of hydrogen-bond acceptors (Lipinski definition) is 2. The lowest BCUT2D eigenvalue weighted by Gasteiger charge is -2.12. The zero-order valence-electron chi connectivity index (χ0n) is 8.71. The maximum absolute atomic E-state index is 5.03. The van der Waals surface area contributed by atoms with Gasteiger partial charge in [-0.25, -0.2) is 0 Å². The van der Waals surface area contributed by atoms with Crippen LogP contribution in [0, 0.1) is 6.92 Å². The van der Waals surface area contributed by atoms with Gasteiger partial charge in [-0.3, -0.25) is 10.9 Å². The van der Waals surface area contributed by atoms with E-state index in [0.29, 0.717) is 11.7 Å². The molecule has 1 aromatic carbocycles. The first kappa shape index (κ1) is 11.5. The predicted molar refractivity (Wildman–Crippen MR) is 68.7 cm³/mol. The molecule has 0 aliphatic carbocycles. The summed E-state index contributed by atoms with van der Waals surface area (Å²) in [5, 5.41) is 3.52. The van der Waals surface area contributed by atoms with Crippen molar-refractivity contribution in [3.63, 3.8) is 0 Å². The number of hydrogen-bond donors (Lipinski definition) is 3. The van der Waals surface area contributed by atoms with Gasteiger partial charge in [-0.2, -0.15) is 0 Å². The molecule has 0 fully saturated rings. The zero-order chi connectivity index (χ0) is 11.1. The highest BCUT2D eigenvalue weighted by molar-refractivity contribution is 7.80. The lowest BCUT2D eigenvalue weighted by atomic mass is 10.2. The van der Waals surface area contributed by atoms with E-state index >= 15 is 0 Å². The fourth-order valence-corrected chi connectivity index (χ4v) is 1.18. The van der Waals surface area contributed by atoms with Gasteiger partial charge in [-0.15, -0.1) is 6.58 Å². The van der Waals surface area contributed by atoms with Gasteiger partial charge in [-0.1, -0.05) is 24.3 Å². The van der Waals surface area contributed by atoms with Crippen LogP contribution < -0.4 is 16.2 Å². The Morgan fingerprint density at radius 2 is 2.20 bits per heavy atom. The molecule has 0 unspecified atom stereocenters. The number of para-hydroxylation sites is 1. The van der Waals surface area contributed by atoms with Crippen molar-refractivity contribution in [3.8, 4) is 0 Å². The third kappa shape index (κ3) is 3.99. The third-order valence-corrected chi connectivity index (χ3v) is 2.11. The summed E-state index contributed by atoms with van der Waals surface area (Å²) in [7, 11) is 0. The van der Waals surface area contributed by atoms with Crippen LogP contribution in [0.3, 0.4) is 0 Å². The standard InChI is InChI=1S/C11H15N3S/c1-3-8-12-11(15)14-13-10-7-5-4-6-9(10)2/h3-7,13H,1,8H2,2H3,(H2,12,14,15). The molecule has 0 radical (unpaired) electrons. The Morgan fingerprint density at radius 3 is 2.87 bits per heavy atom. The summed E-state index contributed by atoms with van der Waals surface area (Å²) in [4.78, 5) is 0. The molecule has 3 nitrogen and oxygen atoms in total. The Kier molecular flexibility index (Phi) is 4.63. The predicted octanol–water partition coefficient (Wildman–Crippen LogP) is 1.97. The van der Waals surface area contributed by atoms with Gasteiger partial charge < -0.3 is 5.32 Å². The number of anilines is 1. The van der Waals surface area contributed by atoms with E-state index in [-0.39, 0.29) is 0 Å². The summed E-state index contributed by atoms with van der Waals surface area (Å²) in [5.74, 6) is 0. The molecule has 0 amide bonds. The summed E-state index contributed by atoms with van der Waals surface area (Å²) in [6.07, 6.45) is 1.75. The quantitative estimate of drug-likeness (QED) is 0.413.